The Morgan fingerprint density at radius 1 is 1.15 bits per heavy atom. The van der Waals surface area contributed by atoms with Crippen LogP contribution in [0.2, 0.25) is 0 Å². The standard InChI is InChI=1S/C20H25NO4S/c1-14-5-10-17(13-18(14)19(22)23)26(24)21-11-12-25-16-8-6-15(7-9-16)20(2,3)4/h5-10,13,21H,11-12H2,1-4H3,(H,22,23). The number of nitrogens with one attached hydrogen (secondary N) is 1. The summed E-state index contributed by atoms with van der Waals surface area (Å²) in [5.74, 6) is -0.266. The maximum atomic E-state index is 12.2. The van der Waals surface area contributed by atoms with E-state index in [2.05, 4.69) is 25.5 Å². The molecule has 0 spiro atoms. The molecule has 0 aliphatic carbocycles. The topological polar surface area (TPSA) is 75.6 Å². The second-order valence-electron chi connectivity index (χ2n) is 7.07. The SMILES string of the molecule is Cc1ccc(S(=O)NCCOc2ccc(C(C)(C)C)cc2)cc1C(=O)O. The Morgan fingerprint density at radius 3 is 2.38 bits per heavy atom. The van der Waals surface area contributed by atoms with Gasteiger partial charge in [-0.15, -0.1) is 0 Å². The zero-order valence-corrected chi connectivity index (χ0v) is 16.4. The maximum Gasteiger partial charge on any atom is 0.335 e. The highest BCUT2D eigenvalue weighted by atomic mass is 32.2. The van der Waals surface area contributed by atoms with Gasteiger partial charge in [0.25, 0.3) is 0 Å². The molecule has 0 saturated heterocycles. The van der Waals surface area contributed by atoms with Crippen LogP contribution in [0.15, 0.2) is 47.4 Å². The summed E-state index contributed by atoms with van der Waals surface area (Å²) in [6.45, 7) is 8.92. The van der Waals surface area contributed by atoms with E-state index in [0.29, 0.717) is 23.6 Å². The van der Waals surface area contributed by atoms with Gasteiger partial charge in [0.2, 0.25) is 0 Å². The third-order valence-corrected chi connectivity index (χ3v) is 5.13. The third kappa shape index (κ3) is 5.41. The molecule has 1 atom stereocenters. The molecule has 0 bridgehead atoms. The van der Waals surface area contributed by atoms with Crippen LogP contribution in [0.3, 0.4) is 0 Å². The quantitative estimate of drug-likeness (QED) is 0.724. The molecule has 5 nitrogen and oxygen atoms in total. The largest absolute Gasteiger partial charge is 0.492 e. The number of ether oxygens (including phenoxy) is 1. The van der Waals surface area contributed by atoms with Crippen molar-refractivity contribution in [2.45, 2.75) is 38.0 Å². The molecule has 0 heterocycles. The molecule has 0 aromatic heterocycles. The molecule has 0 amide bonds. The van der Waals surface area contributed by atoms with Crippen LogP contribution >= 0.6 is 0 Å². The zero-order valence-electron chi connectivity index (χ0n) is 15.5. The summed E-state index contributed by atoms with van der Waals surface area (Å²) in [7, 11) is -1.49. The second kappa shape index (κ2) is 8.47. The lowest BCUT2D eigenvalue weighted by molar-refractivity contribution is 0.0696. The minimum atomic E-state index is -1.49. The molecule has 2 aromatic rings. The molecule has 0 aliphatic heterocycles. The first-order chi connectivity index (χ1) is 12.2. The van der Waals surface area contributed by atoms with Crippen molar-refractivity contribution in [3.05, 3.63) is 59.2 Å². The van der Waals surface area contributed by atoms with Crippen LogP contribution in [0, 0.1) is 6.92 Å². The van der Waals surface area contributed by atoms with E-state index in [-0.39, 0.29) is 11.0 Å². The van der Waals surface area contributed by atoms with E-state index < -0.39 is 17.0 Å². The Bertz CT molecular complexity index is 794. The highest BCUT2D eigenvalue weighted by Crippen LogP contribution is 2.24. The van der Waals surface area contributed by atoms with E-state index >= 15 is 0 Å². The van der Waals surface area contributed by atoms with Crippen LogP contribution in [0.4, 0.5) is 0 Å². The summed E-state index contributed by atoms with van der Waals surface area (Å²) in [6.07, 6.45) is 0. The first kappa shape index (κ1) is 20.1. The summed E-state index contributed by atoms with van der Waals surface area (Å²) in [6, 6.07) is 12.7. The minimum Gasteiger partial charge on any atom is -0.492 e. The summed E-state index contributed by atoms with van der Waals surface area (Å²) < 4.78 is 20.7. The number of carboxylic acid groups (broad SMARTS) is 1. The van der Waals surface area contributed by atoms with Crippen molar-refractivity contribution in [3.63, 3.8) is 0 Å². The van der Waals surface area contributed by atoms with Gasteiger partial charge >= 0.3 is 5.97 Å². The molecule has 0 fully saturated rings. The molecule has 2 N–H and O–H groups in total. The van der Waals surface area contributed by atoms with Gasteiger partial charge in [-0.25, -0.2) is 13.7 Å². The van der Waals surface area contributed by atoms with Gasteiger partial charge < -0.3 is 9.84 Å². The van der Waals surface area contributed by atoms with E-state index in [1.807, 2.05) is 24.3 Å². The summed E-state index contributed by atoms with van der Waals surface area (Å²) in [5, 5.41) is 9.14. The van der Waals surface area contributed by atoms with Gasteiger partial charge in [-0.1, -0.05) is 39.0 Å². The lowest BCUT2D eigenvalue weighted by atomic mass is 9.87. The smallest absolute Gasteiger partial charge is 0.335 e. The van der Waals surface area contributed by atoms with E-state index in [9.17, 15) is 9.00 Å². The number of aryl methyl sites for hydroxylation is 1. The number of aromatic carboxylic acids is 1. The van der Waals surface area contributed by atoms with Crippen LogP contribution < -0.4 is 9.46 Å². The van der Waals surface area contributed by atoms with Gasteiger partial charge in [0.1, 0.15) is 23.3 Å². The second-order valence-corrected chi connectivity index (χ2v) is 8.37. The van der Waals surface area contributed by atoms with Gasteiger partial charge in [0.05, 0.1) is 10.5 Å². The molecule has 6 heteroatoms. The van der Waals surface area contributed by atoms with Crippen molar-refractivity contribution in [2.24, 2.45) is 0 Å². The van der Waals surface area contributed by atoms with Crippen LogP contribution in [0.1, 0.15) is 42.3 Å². The van der Waals surface area contributed by atoms with Crippen molar-refractivity contribution < 1.29 is 18.8 Å². The average Bonchev–Trinajstić information content (AvgIpc) is 2.58. The molecular formula is C20H25NO4S. The van der Waals surface area contributed by atoms with E-state index in [1.165, 1.54) is 11.6 Å². The first-order valence-corrected chi connectivity index (χ1v) is 9.56. The summed E-state index contributed by atoms with van der Waals surface area (Å²) in [4.78, 5) is 11.6. The molecule has 1 unspecified atom stereocenters. The lowest BCUT2D eigenvalue weighted by Gasteiger charge is -2.19. The number of hydrogen-bond acceptors (Lipinski definition) is 3. The fraction of sp³-hybridized carbons (Fsp3) is 0.350. The van der Waals surface area contributed by atoms with Gasteiger partial charge in [0, 0.05) is 6.54 Å². The Morgan fingerprint density at radius 2 is 1.81 bits per heavy atom. The number of carbonyl (C=O) groups is 1. The highest BCUT2D eigenvalue weighted by Gasteiger charge is 2.13. The Kier molecular flexibility index (Phi) is 6.56. The molecule has 2 rings (SSSR count). The van der Waals surface area contributed by atoms with E-state index in [1.54, 1.807) is 19.1 Å². The molecule has 0 aliphatic rings. The maximum absolute atomic E-state index is 12.2. The zero-order chi connectivity index (χ0) is 19.3. The average molecular weight is 375 g/mol. The summed E-state index contributed by atoms with van der Waals surface area (Å²) in [5.41, 5.74) is 2.13. The van der Waals surface area contributed by atoms with Crippen molar-refractivity contribution in [1.82, 2.24) is 4.72 Å². The van der Waals surface area contributed by atoms with Crippen molar-refractivity contribution in [1.29, 1.82) is 0 Å². The number of benzene rings is 2. The van der Waals surface area contributed by atoms with Gasteiger partial charge in [-0.2, -0.15) is 0 Å². The van der Waals surface area contributed by atoms with Crippen LogP contribution in [-0.2, 0) is 16.4 Å². The van der Waals surface area contributed by atoms with Crippen LogP contribution in [-0.4, -0.2) is 28.4 Å². The van der Waals surface area contributed by atoms with Gasteiger partial charge in [0.15, 0.2) is 0 Å². The Hall–Kier alpha value is -2.18. The minimum absolute atomic E-state index is 0.0971. The van der Waals surface area contributed by atoms with Crippen LogP contribution in [0.25, 0.3) is 0 Å². The van der Waals surface area contributed by atoms with Crippen molar-refractivity contribution in [3.8, 4) is 5.75 Å². The predicted molar refractivity (Wildman–Crippen MR) is 103 cm³/mol. The number of hydrogen-bond donors (Lipinski definition) is 2. The normalized spacial score (nSPS) is 12.6. The van der Waals surface area contributed by atoms with Crippen molar-refractivity contribution >= 4 is 17.0 Å². The molecule has 0 saturated carbocycles. The van der Waals surface area contributed by atoms with E-state index in [0.717, 1.165) is 5.75 Å². The third-order valence-electron chi connectivity index (χ3n) is 3.98. The molecular weight excluding hydrogens is 350 g/mol. The molecule has 26 heavy (non-hydrogen) atoms. The van der Waals surface area contributed by atoms with Gasteiger partial charge in [-0.05, 0) is 47.7 Å². The summed E-state index contributed by atoms with van der Waals surface area (Å²) >= 11 is 0. The molecule has 0 radical (unpaired) electrons. The number of rotatable bonds is 7. The van der Waals surface area contributed by atoms with Gasteiger partial charge in [-0.3, -0.25) is 0 Å². The van der Waals surface area contributed by atoms with Crippen molar-refractivity contribution in [2.75, 3.05) is 13.2 Å². The van der Waals surface area contributed by atoms with Crippen LogP contribution in [0.5, 0.6) is 5.75 Å². The Labute approximate surface area is 157 Å². The molecule has 140 valence electrons. The highest BCUT2D eigenvalue weighted by molar-refractivity contribution is 7.83. The first-order valence-electron chi connectivity index (χ1n) is 8.41. The Balaban J connectivity index is 1.85. The van der Waals surface area contributed by atoms with E-state index in [4.69, 9.17) is 9.84 Å². The fourth-order valence-electron chi connectivity index (χ4n) is 2.38. The monoisotopic (exact) mass is 375 g/mol. The predicted octanol–water partition coefficient (Wildman–Crippen LogP) is 3.68. The lowest BCUT2D eigenvalue weighted by Crippen LogP contribution is -2.23. The fourth-order valence-corrected chi connectivity index (χ4v) is 3.24. The molecule has 2 aromatic carbocycles. The number of carboxylic acids is 1.